The average Bonchev–Trinajstić information content (AvgIpc) is 3.14. The Morgan fingerprint density at radius 1 is 1.23 bits per heavy atom. The van der Waals surface area contributed by atoms with Crippen LogP contribution in [0.3, 0.4) is 0 Å². The van der Waals surface area contributed by atoms with Gasteiger partial charge >= 0.3 is 0 Å². The third kappa shape index (κ3) is 4.08. The van der Waals surface area contributed by atoms with Crippen molar-refractivity contribution in [2.24, 2.45) is 0 Å². The van der Waals surface area contributed by atoms with Gasteiger partial charge in [-0.1, -0.05) is 12.1 Å². The van der Waals surface area contributed by atoms with Gasteiger partial charge in [0.2, 0.25) is 5.43 Å². The molecule has 3 aromatic heterocycles. The molecule has 0 radical (unpaired) electrons. The van der Waals surface area contributed by atoms with Crippen molar-refractivity contribution in [3.8, 4) is 5.69 Å². The van der Waals surface area contributed by atoms with Crippen LogP contribution in [0.15, 0.2) is 64.1 Å². The van der Waals surface area contributed by atoms with Crippen molar-refractivity contribution in [2.45, 2.75) is 13.5 Å². The van der Waals surface area contributed by atoms with Crippen molar-refractivity contribution in [2.75, 3.05) is 0 Å². The van der Waals surface area contributed by atoms with Crippen LogP contribution in [-0.4, -0.2) is 30.0 Å². The van der Waals surface area contributed by atoms with Crippen molar-refractivity contribution in [3.63, 3.8) is 0 Å². The molecule has 0 unspecified atom stereocenters. The predicted molar refractivity (Wildman–Crippen MR) is 115 cm³/mol. The fourth-order valence-electron chi connectivity index (χ4n) is 3.10. The number of hydrogen-bond acceptors (Lipinski definition) is 6. The molecular weight excluding hydrogens is 468 g/mol. The number of aromatic nitrogens is 4. The molecule has 0 fully saturated rings. The molecule has 0 saturated carbocycles. The van der Waals surface area contributed by atoms with Gasteiger partial charge in [-0.25, -0.2) is 9.67 Å². The van der Waals surface area contributed by atoms with E-state index < -0.39 is 16.3 Å². The molecule has 1 amide bonds. The Morgan fingerprint density at radius 2 is 2.00 bits per heavy atom. The highest BCUT2D eigenvalue weighted by atomic mass is 79.9. The zero-order chi connectivity index (χ0) is 22.1. The molecule has 1 N–H and O–H groups in total. The van der Waals surface area contributed by atoms with Crippen LogP contribution in [0.2, 0.25) is 0 Å². The van der Waals surface area contributed by atoms with Gasteiger partial charge in [0.05, 0.1) is 17.2 Å². The molecule has 4 aromatic rings. The quantitative estimate of drug-likeness (QED) is 0.344. The SMILES string of the molecule is Cc1cc(=O)c(C(=O)NCc2cn3cc(Br)ccc3n2)nn1-c1ccccc1[N+](=O)[O-]. The van der Waals surface area contributed by atoms with Crippen molar-refractivity contribution >= 4 is 33.2 Å². The predicted octanol–water partition coefficient (Wildman–Crippen LogP) is 2.79. The van der Waals surface area contributed by atoms with Crippen molar-refractivity contribution in [1.82, 2.24) is 24.5 Å². The Kier molecular flexibility index (Phi) is 5.34. The van der Waals surface area contributed by atoms with E-state index in [-0.39, 0.29) is 23.6 Å². The van der Waals surface area contributed by atoms with Gasteiger partial charge in [-0.2, -0.15) is 5.10 Å². The van der Waals surface area contributed by atoms with Crippen LogP contribution >= 0.6 is 15.9 Å². The monoisotopic (exact) mass is 482 g/mol. The lowest BCUT2D eigenvalue weighted by Crippen LogP contribution is -2.31. The molecule has 0 spiro atoms. The Bertz CT molecular complexity index is 1390. The van der Waals surface area contributed by atoms with Crippen LogP contribution in [0.5, 0.6) is 0 Å². The summed E-state index contributed by atoms with van der Waals surface area (Å²) in [5, 5.41) is 18.1. The lowest BCUT2D eigenvalue weighted by atomic mass is 10.2. The molecule has 156 valence electrons. The fraction of sp³-hybridized carbons (Fsp3) is 0.100. The molecule has 0 bridgehead atoms. The number of para-hydroxylation sites is 2. The van der Waals surface area contributed by atoms with Crippen molar-refractivity contribution in [3.05, 3.63) is 96.8 Å². The summed E-state index contributed by atoms with van der Waals surface area (Å²) in [4.78, 5) is 40.3. The Labute approximate surface area is 183 Å². The lowest BCUT2D eigenvalue weighted by Gasteiger charge is -2.11. The van der Waals surface area contributed by atoms with Gasteiger partial charge in [0.1, 0.15) is 11.3 Å². The van der Waals surface area contributed by atoms with Crippen molar-refractivity contribution < 1.29 is 9.72 Å². The van der Waals surface area contributed by atoms with Gasteiger partial charge in [-0.15, -0.1) is 0 Å². The maximum absolute atomic E-state index is 12.7. The first-order valence-electron chi connectivity index (χ1n) is 9.09. The number of halogens is 1. The van der Waals surface area contributed by atoms with Gasteiger partial charge in [0.15, 0.2) is 5.69 Å². The van der Waals surface area contributed by atoms with E-state index in [2.05, 4.69) is 31.3 Å². The summed E-state index contributed by atoms with van der Waals surface area (Å²) in [5.41, 5.74) is 0.687. The van der Waals surface area contributed by atoms with E-state index in [9.17, 15) is 19.7 Å². The number of nitrogens with one attached hydrogen (secondary N) is 1. The number of imidazole rings is 1. The summed E-state index contributed by atoms with van der Waals surface area (Å²) < 4.78 is 3.90. The minimum absolute atomic E-state index is 0.0820. The number of pyridine rings is 1. The topological polar surface area (TPSA) is 124 Å². The Morgan fingerprint density at radius 3 is 2.77 bits per heavy atom. The van der Waals surface area contributed by atoms with E-state index in [1.165, 1.54) is 28.9 Å². The van der Waals surface area contributed by atoms with Crippen LogP contribution in [0.4, 0.5) is 5.69 Å². The van der Waals surface area contributed by atoms with E-state index in [0.29, 0.717) is 17.0 Å². The van der Waals surface area contributed by atoms with Crippen LogP contribution in [0, 0.1) is 17.0 Å². The van der Waals surface area contributed by atoms with Crippen LogP contribution in [0.25, 0.3) is 11.3 Å². The smallest absolute Gasteiger partial charge is 0.294 e. The molecule has 31 heavy (non-hydrogen) atoms. The third-order valence-corrected chi connectivity index (χ3v) is 4.99. The molecule has 0 saturated heterocycles. The van der Waals surface area contributed by atoms with E-state index in [4.69, 9.17) is 0 Å². The number of rotatable bonds is 5. The first kappa shape index (κ1) is 20.4. The number of benzene rings is 1. The second kappa shape index (κ2) is 8.11. The van der Waals surface area contributed by atoms with E-state index >= 15 is 0 Å². The standard InChI is InChI=1S/C20H15BrN6O4/c1-12-8-17(28)19(24-26(12)15-4-2-3-5-16(15)27(30)31)20(29)22-9-14-11-25-10-13(21)6-7-18(25)23-14/h2-8,10-11H,9H2,1H3,(H,22,29). The summed E-state index contributed by atoms with van der Waals surface area (Å²) in [5.74, 6) is -0.699. The van der Waals surface area contributed by atoms with E-state index in [0.717, 1.165) is 4.47 Å². The number of aryl methyl sites for hydroxylation is 1. The fourth-order valence-corrected chi connectivity index (χ4v) is 3.46. The number of nitro benzene ring substituents is 1. The Hall–Kier alpha value is -3.86. The second-order valence-corrected chi connectivity index (χ2v) is 7.60. The number of hydrogen-bond donors (Lipinski definition) is 1. The summed E-state index contributed by atoms with van der Waals surface area (Å²) in [7, 11) is 0. The maximum Gasteiger partial charge on any atom is 0.294 e. The molecule has 1 aromatic carbocycles. The molecule has 11 heteroatoms. The number of nitro groups is 1. The average molecular weight is 483 g/mol. The zero-order valence-corrected chi connectivity index (χ0v) is 17.7. The number of carbonyl (C=O) groups is 1. The first-order chi connectivity index (χ1) is 14.8. The number of amides is 1. The third-order valence-electron chi connectivity index (χ3n) is 4.52. The zero-order valence-electron chi connectivity index (χ0n) is 16.2. The Balaban J connectivity index is 1.63. The number of nitrogens with zero attached hydrogens (tertiary/aromatic N) is 5. The maximum atomic E-state index is 12.7. The highest BCUT2D eigenvalue weighted by Crippen LogP contribution is 2.22. The molecule has 0 aliphatic carbocycles. The van der Waals surface area contributed by atoms with Crippen LogP contribution in [0.1, 0.15) is 21.9 Å². The molecule has 0 atom stereocenters. The number of carbonyl (C=O) groups excluding carboxylic acids is 1. The lowest BCUT2D eigenvalue weighted by molar-refractivity contribution is -0.384. The highest BCUT2D eigenvalue weighted by molar-refractivity contribution is 9.10. The summed E-state index contributed by atoms with van der Waals surface area (Å²) in [6.45, 7) is 1.67. The minimum Gasteiger partial charge on any atom is -0.345 e. The van der Waals surface area contributed by atoms with E-state index in [1.54, 1.807) is 23.6 Å². The largest absolute Gasteiger partial charge is 0.345 e. The van der Waals surface area contributed by atoms with Crippen LogP contribution < -0.4 is 10.7 Å². The molecule has 10 nitrogen and oxygen atoms in total. The molecule has 3 heterocycles. The highest BCUT2D eigenvalue weighted by Gasteiger charge is 2.20. The van der Waals surface area contributed by atoms with Gasteiger partial charge < -0.3 is 9.72 Å². The summed E-state index contributed by atoms with van der Waals surface area (Å²) >= 11 is 3.38. The minimum atomic E-state index is -0.699. The number of fused-ring (bicyclic) bond motifs is 1. The molecule has 0 aliphatic heterocycles. The summed E-state index contributed by atoms with van der Waals surface area (Å²) in [6.07, 6.45) is 3.59. The molecule has 0 aliphatic rings. The van der Waals surface area contributed by atoms with Gasteiger partial charge in [0.25, 0.3) is 11.6 Å². The van der Waals surface area contributed by atoms with E-state index in [1.807, 2.05) is 18.3 Å². The summed E-state index contributed by atoms with van der Waals surface area (Å²) in [6, 6.07) is 10.9. The normalized spacial score (nSPS) is 10.9. The van der Waals surface area contributed by atoms with Gasteiger partial charge in [-0.05, 0) is 41.1 Å². The molecule has 4 rings (SSSR count). The van der Waals surface area contributed by atoms with Gasteiger partial charge in [-0.3, -0.25) is 19.7 Å². The van der Waals surface area contributed by atoms with Crippen molar-refractivity contribution in [1.29, 1.82) is 0 Å². The van der Waals surface area contributed by atoms with Crippen LogP contribution in [-0.2, 0) is 6.54 Å². The second-order valence-electron chi connectivity index (χ2n) is 6.68. The molecular formula is C20H15BrN6O4. The first-order valence-corrected chi connectivity index (χ1v) is 9.89. The van der Waals surface area contributed by atoms with Gasteiger partial charge in [0, 0.05) is 34.7 Å².